The lowest BCUT2D eigenvalue weighted by atomic mass is 9.97. The molecule has 1 N–H and O–H groups in total. The van der Waals surface area contributed by atoms with Gasteiger partial charge in [0, 0.05) is 16.8 Å². The summed E-state index contributed by atoms with van der Waals surface area (Å²) < 4.78 is 73.8. The number of para-hydroxylation sites is 3. The third-order valence-electron chi connectivity index (χ3n) is 5.42. The van der Waals surface area contributed by atoms with Crippen LogP contribution in [0.3, 0.4) is 0 Å². The summed E-state index contributed by atoms with van der Waals surface area (Å²) in [5, 5.41) is 3.00. The Kier molecular flexibility index (Phi) is 5.03. The number of alkyl halides is 5. The first-order chi connectivity index (χ1) is 15.8. The van der Waals surface area contributed by atoms with E-state index in [1.54, 1.807) is 53.1 Å². The molecule has 1 atom stereocenters. The molecular weight excluding hydrogens is 441 g/mol. The predicted molar refractivity (Wildman–Crippen MR) is 114 cm³/mol. The number of hydrogen-bond donors (Lipinski definition) is 1. The average Bonchev–Trinajstić information content (AvgIpc) is 3.16. The molecule has 0 spiro atoms. The number of fused-ring (bicyclic) bond motifs is 3. The molecule has 2 heterocycles. The Morgan fingerprint density at radius 3 is 2.39 bits per heavy atom. The molecule has 0 radical (unpaired) electrons. The van der Waals surface area contributed by atoms with Gasteiger partial charge in [-0.25, -0.2) is 4.98 Å². The minimum atomic E-state index is -4.58. The molecule has 5 rings (SSSR count). The van der Waals surface area contributed by atoms with Crippen LogP contribution in [0.1, 0.15) is 22.7 Å². The van der Waals surface area contributed by atoms with Gasteiger partial charge in [0.15, 0.2) is 0 Å². The number of halogens is 5. The molecule has 1 aromatic heterocycles. The van der Waals surface area contributed by atoms with E-state index in [1.165, 1.54) is 24.3 Å². The lowest BCUT2D eigenvalue weighted by Crippen LogP contribution is -2.21. The Labute approximate surface area is 184 Å². The van der Waals surface area contributed by atoms with Gasteiger partial charge >= 0.3 is 12.8 Å². The van der Waals surface area contributed by atoms with Crippen molar-refractivity contribution in [1.82, 2.24) is 9.55 Å². The van der Waals surface area contributed by atoms with Gasteiger partial charge in [-0.05, 0) is 30.3 Å². The first kappa shape index (κ1) is 21.0. The molecule has 0 saturated heterocycles. The number of rotatable bonds is 4. The van der Waals surface area contributed by atoms with Gasteiger partial charge in [0.25, 0.3) is 0 Å². The highest BCUT2D eigenvalue weighted by molar-refractivity contribution is 5.86. The van der Waals surface area contributed by atoms with Gasteiger partial charge in [-0.2, -0.15) is 22.0 Å². The van der Waals surface area contributed by atoms with Crippen molar-refractivity contribution < 1.29 is 26.7 Å². The van der Waals surface area contributed by atoms with Gasteiger partial charge < -0.3 is 10.1 Å². The maximum Gasteiger partial charge on any atom is 0.417 e. The second kappa shape index (κ2) is 7.91. The standard InChI is InChI=1S/C24H16F5N3O/c25-22(26)33-21-12-6-2-8-15(21)20-13-18(14-7-1-3-9-16(14)24(27,28)29)31-23-30-17-10-4-5-11-19(17)32(20)23/h1-13,20,22H,(H,30,31). The van der Waals surface area contributed by atoms with Gasteiger partial charge in [-0.3, -0.25) is 4.57 Å². The Morgan fingerprint density at radius 1 is 0.909 bits per heavy atom. The second-order valence-corrected chi connectivity index (χ2v) is 7.40. The van der Waals surface area contributed by atoms with Crippen molar-refractivity contribution in [2.75, 3.05) is 5.32 Å². The molecule has 4 nitrogen and oxygen atoms in total. The number of nitrogens with one attached hydrogen (secondary N) is 1. The van der Waals surface area contributed by atoms with Crippen molar-refractivity contribution in [3.63, 3.8) is 0 Å². The molecule has 168 valence electrons. The summed E-state index contributed by atoms with van der Waals surface area (Å²) >= 11 is 0. The van der Waals surface area contributed by atoms with Crippen molar-refractivity contribution in [2.24, 2.45) is 0 Å². The largest absolute Gasteiger partial charge is 0.434 e. The predicted octanol–water partition coefficient (Wildman–Crippen LogP) is 6.71. The summed E-state index contributed by atoms with van der Waals surface area (Å²) in [6.07, 6.45) is -3.01. The van der Waals surface area contributed by atoms with E-state index in [1.807, 2.05) is 0 Å². The van der Waals surface area contributed by atoms with Crippen molar-refractivity contribution in [3.8, 4) is 5.75 Å². The van der Waals surface area contributed by atoms with E-state index in [0.717, 1.165) is 6.07 Å². The quantitative estimate of drug-likeness (QED) is 0.346. The van der Waals surface area contributed by atoms with Crippen molar-refractivity contribution in [3.05, 3.63) is 95.6 Å². The van der Waals surface area contributed by atoms with Gasteiger partial charge in [0.05, 0.1) is 22.6 Å². The van der Waals surface area contributed by atoms with E-state index in [-0.39, 0.29) is 17.0 Å². The van der Waals surface area contributed by atoms with E-state index >= 15 is 0 Å². The van der Waals surface area contributed by atoms with Crippen LogP contribution >= 0.6 is 0 Å². The molecule has 0 fully saturated rings. The summed E-state index contributed by atoms with van der Waals surface area (Å²) in [7, 11) is 0. The molecule has 1 unspecified atom stereocenters. The highest BCUT2D eigenvalue weighted by Gasteiger charge is 2.36. The summed E-state index contributed by atoms with van der Waals surface area (Å²) in [4.78, 5) is 4.53. The van der Waals surface area contributed by atoms with Crippen LogP contribution in [-0.2, 0) is 6.18 Å². The lowest BCUT2D eigenvalue weighted by molar-refractivity contribution is -0.137. The first-order valence-corrected chi connectivity index (χ1v) is 9.99. The fourth-order valence-corrected chi connectivity index (χ4v) is 4.09. The Morgan fingerprint density at radius 2 is 1.61 bits per heavy atom. The van der Waals surface area contributed by atoms with Gasteiger partial charge in [-0.1, -0.05) is 48.5 Å². The SMILES string of the molecule is FC(F)Oc1ccccc1C1C=C(c2ccccc2C(F)(F)F)Nc2nc3ccccc3n21. The zero-order chi connectivity index (χ0) is 23.2. The minimum absolute atomic E-state index is 0.0668. The third kappa shape index (κ3) is 3.79. The van der Waals surface area contributed by atoms with Gasteiger partial charge in [-0.15, -0.1) is 0 Å². The monoisotopic (exact) mass is 457 g/mol. The number of ether oxygens (including phenoxy) is 1. The number of aromatic nitrogens is 2. The van der Waals surface area contributed by atoms with E-state index in [4.69, 9.17) is 4.74 Å². The van der Waals surface area contributed by atoms with Crippen molar-refractivity contribution in [1.29, 1.82) is 0 Å². The number of benzene rings is 3. The fraction of sp³-hybridized carbons (Fsp3) is 0.125. The number of hydrogen-bond acceptors (Lipinski definition) is 3. The van der Waals surface area contributed by atoms with E-state index in [2.05, 4.69) is 10.3 Å². The highest BCUT2D eigenvalue weighted by Crippen LogP contribution is 2.42. The summed E-state index contributed by atoms with van der Waals surface area (Å²) in [6, 6.07) is 17.8. The number of anilines is 1. The van der Waals surface area contributed by atoms with Crippen LogP contribution < -0.4 is 10.1 Å². The Balaban J connectivity index is 1.75. The second-order valence-electron chi connectivity index (χ2n) is 7.40. The van der Waals surface area contributed by atoms with Crippen LogP contribution in [-0.4, -0.2) is 16.2 Å². The molecule has 1 aliphatic heterocycles. The number of allylic oxidation sites excluding steroid dienone is 1. The molecule has 0 bridgehead atoms. The van der Waals surface area contributed by atoms with Crippen LogP contribution in [0, 0.1) is 0 Å². The number of imidazole rings is 1. The molecule has 33 heavy (non-hydrogen) atoms. The van der Waals surface area contributed by atoms with Crippen molar-refractivity contribution in [2.45, 2.75) is 18.8 Å². The third-order valence-corrected chi connectivity index (χ3v) is 5.42. The molecule has 9 heteroatoms. The zero-order valence-electron chi connectivity index (χ0n) is 16.9. The number of nitrogens with zero attached hydrogens (tertiary/aromatic N) is 2. The molecule has 3 aromatic carbocycles. The highest BCUT2D eigenvalue weighted by atomic mass is 19.4. The molecule has 0 aliphatic carbocycles. The van der Waals surface area contributed by atoms with Gasteiger partial charge in [0.1, 0.15) is 5.75 Å². The maximum absolute atomic E-state index is 13.7. The molecular formula is C24H16F5N3O. The molecule has 1 aliphatic rings. The molecule has 0 amide bonds. The Bertz CT molecular complexity index is 1360. The smallest absolute Gasteiger partial charge is 0.417 e. The van der Waals surface area contributed by atoms with Crippen LogP contribution in [0.4, 0.5) is 27.9 Å². The summed E-state index contributed by atoms with van der Waals surface area (Å²) in [5.41, 5.74) is 0.949. The fourth-order valence-electron chi connectivity index (χ4n) is 4.09. The van der Waals surface area contributed by atoms with Crippen LogP contribution in [0.5, 0.6) is 5.75 Å². The summed E-state index contributed by atoms with van der Waals surface area (Å²) in [6.45, 7) is -3.05. The first-order valence-electron chi connectivity index (χ1n) is 9.99. The Hall–Kier alpha value is -3.88. The van der Waals surface area contributed by atoms with Crippen LogP contribution in [0.2, 0.25) is 0 Å². The summed E-state index contributed by atoms with van der Waals surface area (Å²) in [5.74, 6) is 0.227. The maximum atomic E-state index is 13.7. The normalized spacial score (nSPS) is 15.8. The van der Waals surface area contributed by atoms with Crippen LogP contribution in [0.25, 0.3) is 16.7 Å². The van der Waals surface area contributed by atoms with E-state index in [0.29, 0.717) is 22.5 Å². The molecule has 0 saturated carbocycles. The minimum Gasteiger partial charge on any atom is -0.434 e. The van der Waals surface area contributed by atoms with E-state index in [9.17, 15) is 22.0 Å². The lowest BCUT2D eigenvalue weighted by Gasteiger charge is -2.28. The average molecular weight is 457 g/mol. The van der Waals surface area contributed by atoms with Crippen LogP contribution in [0.15, 0.2) is 78.9 Å². The molecule has 4 aromatic rings. The van der Waals surface area contributed by atoms with E-state index < -0.39 is 24.4 Å². The topological polar surface area (TPSA) is 39.1 Å². The van der Waals surface area contributed by atoms with Gasteiger partial charge in [0.2, 0.25) is 5.95 Å². The zero-order valence-corrected chi connectivity index (χ0v) is 16.9. The van der Waals surface area contributed by atoms with Crippen molar-refractivity contribution >= 4 is 22.7 Å².